The first-order valence-corrected chi connectivity index (χ1v) is 10.4. The van der Waals surface area contributed by atoms with Crippen molar-refractivity contribution < 1.29 is 27.5 Å². The number of aliphatic carboxylic acids is 1. The highest BCUT2D eigenvalue weighted by Crippen LogP contribution is 2.25. The van der Waals surface area contributed by atoms with Gasteiger partial charge in [0, 0.05) is 26.2 Å². The summed E-state index contributed by atoms with van der Waals surface area (Å²) in [6, 6.07) is 2.99. The Hall–Kier alpha value is -2.79. The molecule has 1 aromatic heterocycles. The molecule has 1 fully saturated rings. The summed E-state index contributed by atoms with van der Waals surface area (Å²) in [5, 5.41) is 11.7. The van der Waals surface area contributed by atoms with E-state index in [0.29, 0.717) is 12.0 Å². The van der Waals surface area contributed by atoms with Gasteiger partial charge in [0.05, 0.1) is 6.33 Å². The number of nitrogens with zero attached hydrogens (tertiary/aromatic N) is 3. The van der Waals surface area contributed by atoms with Gasteiger partial charge in [-0.05, 0) is 30.5 Å². The van der Waals surface area contributed by atoms with E-state index in [0.717, 1.165) is 4.31 Å². The van der Waals surface area contributed by atoms with Gasteiger partial charge in [0.25, 0.3) is 10.0 Å². The van der Waals surface area contributed by atoms with Gasteiger partial charge >= 0.3 is 5.97 Å². The molecule has 156 valence electrons. The van der Waals surface area contributed by atoms with E-state index < -0.39 is 39.8 Å². The van der Waals surface area contributed by atoms with Gasteiger partial charge in [-0.25, -0.2) is 22.6 Å². The molecule has 0 spiro atoms. The number of nitrogens with one attached hydrogen (secondary N) is 1. The van der Waals surface area contributed by atoms with E-state index >= 15 is 0 Å². The molecule has 2 N–H and O–H groups in total. The van der Waals surface area contributed by atoms with E-state index in [1.165, 1.54) is 41.4 Å². The number of carbonyl (C=O) groups excluding carboxylic acids is 1. The van der Waals surface area contributed by atoms with Crippen molar-refractivity contribution in [1.29, 1.82) is 0 Å². The van der Waals surface area contributed by atoms with Crippen LogP contribution >= 0.6 is 0 Å². The number of carboxylic acids is 1. The molecule has 1 aromatic carbocycles. The minimum atomic E-state index is -3.98. The van der Waals surface area contributed by atoms with Gasteiger partial charge in [-0.3, -0.25) is 4.79 Å². The molecule has 0 unspecified atom stereocenters. The summed E-state index contributed by atoms with van der Waals surface area (Å²) in [6.07, 6.45) is 3.39. The molecule has 0 radical (unpaired) electrons. The van der Waals surface area contributed by atoms with E-state index in [9.17, 15) is 27.5 Å². The molecule has 1 amide bonds. The minimum Gasteiger partial charge on any atom is -0.480 e. The van der Waals surface area contributed by atoms with Crippen LogP contribution in [0.2, 0.25) is 0 Å². The molecule has 29 heavy (non-hydrogen) atoms. The van der Waals surface area contributed by atoms with Crippen molar-refractivity contribution in [1.82, 2.24) is 19.2 Å². The topological polar surface area (TPSA) is 122 Å². The number of amides is 1. The van der Waals surface area contributed by atoms with Crippen LogP contribution in [0.25, 0.3) is 0 Å². The van der Waals surface area contributed by atoms with Crippen LogP contribution in [0.3, 0.4) is 0 Å². The van der Waals surface area contributed by atoms with E-state index in [1.807, 2.05) is 0 Å². The molecule has 2 atom stereocenters. The summed E-state index contributed by atoms with van der Waals surface area (Å²) >= 11 is 0. The monoisotopic (exact) mass is 424 g/mol. The zero-order chi connectivity index (χ0) is 21.2. The Bertz CT molecular complexity index is 1010. The fourth-order valence-electron chi connectivity index (χ4n) is 3.26. The second-order valence-corrected chi connectivity index (χ2v) is 8.72. The van der Waals surface area contributed by atoms with Crippen LogP contribution in [-0.2, 0) is 33.1 Å². The molecule has 1 aliphatic heterocycles. The first kappa shape index (κ1) is 20.9. The van der Waals surface area contributed by atoms with Crippen LogP contribution < -0.4 is 5.32 Å². The zero-order valence-electron chi connectivity index (χ0n) is 15.7. The van der Waals surface area contributed by atoms with Gasteiger partial charge in [0.2, 0.25) is 5.91 Å². The normalized spacial score (nSPS) is 18.5. The maximum atomic E-state index is 13.0. The molecule has 2 aromatic rings. The van der Waals surface area contributed by atoms with E-state index in [4.69, 9.17) is 0 Å². The smallest absolute Gasteiger partial charge is 0.326 e. The molecule has 2 heterocycles. The Morgan fingerprint density at radius 2 is 2.03 bits per heavy atom. The first-order valence-electron chi connectivity index (χ1n) is 8.96. The summed E-state index contributed by atoms with van der Waals surface area (Å²) in [5.74, 6) is -2.40. The Morgan fingerprint density at radius 3 is 2.62 bits per heavy atom. The molecule has 0 bridgehead atoms. The number of carbonyl (C=O) groups is 2. The zero-order valence-corrected chi connectivity index (χ0v) is 16.5. The van der Waals surface area contributed by atoms with Gasteiger partial charge < -0.3 is 15.0 Å². The molecular weight excluding hydrogens is 403 g/mol. The summed E-state index contributed by atoms with van der Waals surface area (Å²) < 4.78 is 41.2. The number of benzene rings is 1. The molecule has 9 nitrogen and oxygen atoms in total. The van der Waals surface area contributed by atoms with Crippen molar-refractivity contribution in [2.45, 2.75) is 36.4 Å². The second kappa shape index (κ2) is 8.29. The van der Waals surface area contributed by atoms with Gasteiger partial charge in [0.15, 0.2) is 5.03 Å². The van der Waals surface area contributed by atoms with Crippen LogP contribution in [0.15, 0.2) is 41.8 Å². The largest absolute Gasteiger partial charge is 0.480 e. The predicted molar refractivity (Wildman–Crippen MR) is 99.8 cm³/mol. The van der Waals surface area contributed by atoms with E-state index in [2.05, 4.69) is 10.3 Å². The molecule has 3 rings (SSSR count). The van der Waals surface area contributed by atoms with Crippen molar-refractivity contribution in [3.05, 3.63) is 48.2 Å². The second-order valence-electron chi connectivity index (χ2n) is 6.88. The SMILES string of the molecule is Cn1cnc(S(=O)(=O)N2CCC[C@H]2C(=O)N[C@@H](Cc2ccc(F)cc2)C(=O)O)c1. The molecule has 1 aliphatic rings. The molecular formula is C18H21FN4O5S. The summed E-state index contributed by atoms with van der Waals surface area (Å²) in [6.45, 7) is 0.146. The predicted octanol–water partition coefficient (Wildman–Crippen LogP) is 0.524. The average Bonchev–Trinajstić information content (AvgIpc) is 3.32. The van der Waals surface area contributed by atoms with Gasteiger partial charge in [-0.15, -0.1) is 0 Å². The quantitative estimate of drug-likeness (QED) is 0.669. The number of carboxylic acid groups (broad SMARTS) is 1. The minimum absolute atomic E-state index is 0.0545. The van der Waals surface area contributed by atoms with Crippen molar-refractivity contribution >= 4 is 21.9 Å². The van der Waals surface area contributed by atoms with Gasteiger partial charge in [-0.2, -0.15) is 4.31 Å². The van der Waals surface area contributed by atoms with Crippen molar-refractivity contribution in [3.8, 4) is 0 Å². The Labute approximate surface area is 167 Å². The van der Waals surface area contributed by atoms with Crippen LogP contribution in [0, 0.1) is 5.82 Å². The Balaban J connectivity index is 1.75. The molecule has 0 aliphatic carbocycles. The molecule has 11 heteroatoms. The number of hydrogen-bond acceptors (Lipinski definition) is 5. The Kier molecular flexibility index (Phi) is 5.99. The van der Waals surface area contributed by atoms with Crippen molar-refractivity contribution in [3.63, 3.8) is 0 Å². The Morgan fingerprint density at radius 1 is 1.34 bits per heavy atom. The van der Waals surface area contributed by atoms with Crippen molar-refractivity contribution in [2.75, 3.05) is 6.54 Å². The van der Waals surface area contributed by atoms with E-state index in [-0.39, 0.29) is 24.4 Å². The average molecular weight is 424 g/mol. The fraction of sp³-hybridized carbons (Fsp3) is 0.389. The molecule has 0 saturated carbocycles. The number of hydrogen-bond donors (Lipinski definition) is 2. The fourth-order valence-corrected chi connectivity index (χ4v) is 4.88. The highest BCUT2D eigenvalue weighted by atomic mass is 32.2. The standard InChI is InChI=1S/C18H21FN4O5S/c1-22-10-16(20-11-22)29(27,28)23-8-2-3-15(23)17(24)21-14(18(25)26)9-12-4-6-13(19)7-5-12/h4-7,10-11,14-15H,2-3,8-9H2,1H3,(H,21,24)(H,25,26)/t14-,15-/m0/s1. The number of aryl methyl sites for hydroxylation is 1. The van der Waals surface area contributed by atoms with Crippen LogP contribution in [0.1, 0.15) is 18.4 Å². The lowest BCUT2D eigenvalue weighted by Crippen LogP contribution is -2.51. The lowest BCUT2D eigenvalue weighted by Gasteiger charge is -2.24. The maximum Gasteiger partial charge on any atom is 0.326 e. The van der Waals surface area contributed by atoms with Crippen LogP contribution in [-0.4, -0.2) is 57.9 Å². The highest BCUT2D eigenvalue weighted by molar-refractivity contribution is 7.89. The number of aromatic nitrogens is 2. The lowest BCUT2D eigenvalue weighted by atomic mass is 10.1. The third-order valence-corrected chi connectivity index (χ3v) is 6.52. The third-order valence-electron chi connectivity index (χ3n) is 4.73. The summed E-state index contributed by atoms with van der Waals surface area (Å²) in [4.78, 5) is 28.2. The van der Waals surface area contributed by atoms with Crippen molar-refractivity contribution in [2.24, 2.45) is 7.05 Å². The number of imidazole rings is 1. The third kappa shape index (κ3) is 4.62. The summed E-state index contributed by atoms with van der Waals surface area (Å²) in [7, 11) is -2.35. The number of sulfonamides is 1. The van der Waals surface area contributed by atoms with Gasteiger partial charge in [0.1, 0.15) is 17.9 Å². The highest BCUT2D eigenvalue weighted by Gasteiger charge is 2.41. The van der Waals surface area contributed by atoms with E-state index in [1.54, 1.807) is 7.05 Å². The maximum absolute atomic E-state index is 13.0. The first-order chi connectivity index (χ1) is 13.7. The lowest BCUT2D eigenvalue weighted by molar-refractivity contribution is -0.142. The molecule has 1 saturated heterocycles. The van der Waals surface area contributed by atoms with Gasteiger partial charge in [-0.1, -0.05) is 12.1 Å². The van der Waals surface area contributed by atoms with Crippen LogP contribution in [0.5, 0.6) is 0 Å². The summed E-state index contributed by atoms with van der Waals surface area (Å²) in [5.41, 5.74) is 0.531. The van der Waals surface area contributed by atoms with Crippen LogP contribution in [0.4, 0.5) is 4.39 Å². The number of halogens is 1. The number of rotatable bonds is 7.